The van der Waals surface area contributed by atoms with Crippen LogP contribution in [0.5, 0.6) is 0 Å². The maximum absolute atomic E-state index is 13.1. The summed E-state index contributed by atoms with van der Waals surface area (Å²) in [7, 11) is 0. The van der Waals surface area contributed by atoms with Gasteiger partial charge < -0.3 is 10.6 Å². The molecule has 3 aromatic carbocycles. The minimum Gasteiger partial charge on any atom is -0.360 e. The highest BCUT2D eigenvalue weighted by atomic mass is 16.1. The van der Waals surface area contributed by atoms with Crippen molar-refractivity contribution in [3.8, 4) is 0 Å². The molecule has 0 aromatic heterocycles. The van der Waals surface area contributed by atoms with E-state index in [0.717, 1.165) is 42.0 Å². The van der Waals surface area contributed by atoms with Crippen molar-refractivity contribution in [2.24, 2.45) is 10.9 Å². The minimum atomic E-state index is -0.496. The summed E-state index contributed by atoms with van der Waals surface area (Å²) in [5.74, 6) is 0.436. The van der Waals surface area contributed by atoms with Gasteiger partial charge in [0.05, 0.1) is 11.5 Å². The molecule has 0 aliphatic carbocycles. The molecule has 1 aliphatic heterocycles. The fraction of sp³-hybridized carbons (Fsp3) is 0.231. The predicted molar refractivity (Wildman–Crippen MR) is 123 cm³/mol. The van der Waals surface area contributed by atoms with Crippen LogP contribution < -0.4 is 10.6 Å². The first-order chi connectivity index (χ1) is 14.7. The van der Waals surface area contributed by atoms with Crippen molar-refractivity contribution in [2.75, 3.05) is 11.9 Å². The summed E-state index contributed by atoms with van der Waals surface area (Å²) in [4.78, 5) is 17.9. The van der Waals surface area contributed by atoms with E-state index in [9.17, 15) is 4.79 Å². The predicted octanol–water partition coefficient (Wildman–Crippen LogP) is 4.99. The third-order valence-corrected chi connectivity index (χ3v) is 5.70. The molecule has 1 unspecified atom stereocenters. The van der Waals surface area contributed by atoms with Crippen molar-refractivity contribution in [1.29, 1.82) is 0 Å². The van der Waals surface area contributed by atoms with Crippen LogP contribution in [0.2, 0.25) is 0 Å². The average Bonchev–Trinajstić information content (AvgIpc) is 2.81. The number of hydrogen-bond donors (Lipinski definition) is 2. The van der Waals surface area contributed by atoms with Crippen LogP contribution in [-0.4, -0.2) is 18.3 Å². The smallest absolute Gasteiger partial charge is 0.235 e. The maximum atomic E-state index is 13.1. The van der Waals surface area contributed by atoms with Crippen LogP contribution in [0.4, 0.5) is 5.69 Å². The fourth-order valence-electron chi connectivity index (χ4n) is 3.98. The Balaban J connectivity index is 1.64. The molecule has 0 fully saturated rings. The lowest BCUT2D eigenvalue weighted by molar-refractivity contribution is -0.118. The van der Waals surface area contributed by atoms with Gasteiger partial charge in [-0.25, -0.2) is 0 Å². The molecular weight excluding hydrogens is 370 g/mol. The molecule has 1 heterocycles. The number of aliphatic imine (C=N–C) groups is 1. The summed E-state index contributed by atoms with van der Waals surface area (Å²) >= 11 is 0. The van der Waals surface area contributed by atoms with Gasteiger partial charge in [-0.15, -0.1) is 0 Å². The Labute approximate surface area is 178 Å². The van der Waals surface area contributed by atoms with E-state index in [-0.39, 0.29) is 11.8 Å². The summed E-state index contributed by atoms with van der Waals surface area (Å²) in [6.45, 7) is 2.89. The van der Waals surface area contributed by atoms with Gasteiger partial charge in [0.25, 0.3) is 0 Å². The number of rotatable bonds is 5. The topological polar surface area (TPSA) is 53.5 Å². The molecule has 0 bridgehead atoms. The van der Waals surface area contributed by atoms with Crippen LogP contribution in [-0.2, 0) is 10.3 Å². The summed E-state index contributed by atoms with van der Waals surface area (Å²) in [6.07, 6.45) is 1.69. The number of para-hydroxylation sites is 1. The van der Waals surface area contributed by atoms with E-state index in [0.29, 0.717) is 0 Å². The zero-order valence-electron chi connectivity index (χ0n) is 17.2. The van der Waals surface area contributed by atoms with Crippen LogP contribution in [0.3, 0.4) is 0 Å². The lowest BCUT2D eigenvalue weighted by Gasteiger charge is -2.36. The third kappa shape index (κ3) is 4.28. The highest BCUT2D eigenvalue weighted by Crippen LogP contribution is 2.31. The van der Waals surface area contributed by atoms with E-state index < -0.39 is 5.54 Å². The first kappa shape index (κ1) is 19.9. The van der Waals surface area contributed by atoms with E-state index in [1.807, 2.05) is 66.7 Å². The van der Waals surface area contributed by atoms with Crippen molar-refractivity contribution < 1.29 is 4.79 Å². The van der Waals surface area contributed by atoms with Gasteiger partial charge in [-0.1, -0.05) is 78.9 Å². The van der Waals surface area contributed by atoms with Crippen LogP contribution >= 0.6 is 0 Å². The second-order valence-corrected chi connectivity index (χ2v) is 7.80. The summed E-state index contributed by atoms with van der Waals surface area (Å²) in [5, 5.41) is 6.72. The van der Waals surface area contributed by atoms with E-state index >= 15 is 0 Å². The molecule has 1 amide bonds. The monoisotopic (exact) mass is 397 g/mol. The molecule has 30 heavy (non-hydrogen) atoms. The first-order valence-electron chi connectivity index (χ1n) is 10.5. The van der Waals surface area contributed by atoms with E-state index in [4.69, 9.17) is 4.99 Å². The normalized spacial score (nSPS) is 16.4. The molecule has 152 valence electrons. The molecule has 1 aliphatic rings. The van der Waals surface area contributed by atoms with Gasteiger partial charge in [0.1, 0.15) is 5.84 Å². The molecule has 4 nitrogen and oxygen atoms in total. The zero-order chi connectivity index (χ0) is 20.8. The molecular formula is C26H27N3O. The highest BCUT2D eigenvalue weighted by molar-refractivity contribution is 6.09. The number of carbonyl (C=O) groups is 1. The standard InChI is InChI=1S/C26H27N3O/c1-26(20-12-5-2-6-13-20,21-14-7-3-8-15-21)29-24-23(18-11-19-27-24)25(30)28-22-16-9-4-10-17-22/h2-10,12-17,23H,11,18-19H2,1H3,(H,27,29)(H,28,30). The van der Waals surface area contributed by atoms with E-state index in [1.54, 1.807) is 0 Å². The van der Waals surface area contributed by atoms with E-state index in [2.05, 4.69) is 41.8 Å². The van der Waals surface area contributed by atoms with E-state index in [1.165, 1.54) is 0 Å². The Hall–Kier alpha value is -3.40. The number of amidine groups is 1. The van der Waals surface area contributed by atoms with Gasteiger partial charge in [-0.05, 0) is 43.0 Å². The summed E-state index contributed by atoms with van der Waals surface area (Å²) < 4.78 is 0. The lowest BCUT2D eigenvalue weighted by atomic mass is 9.83. The second-order valence-electron chi connectivity index (χ2n) is 7.80. The largest absolute Gasteiger partial charge is 0.360 e. The van der Waals surface area contributed by atoms with Crippen molar-refractivity contribution in [3.05, 3.63) is 102 Å². The van der Waals surface area contributed by atoms with Crippen LogP contribution in [0, 0.1) is 5.92 Å². The third-order valence-electron chi connectivity index (χ3n) is 5.70. The fourth-order valence-corrected chi connectivity index (χ4v) is 3.98. The van der Waals surface area contributed by atoms with Crippen LogP contribution in [0.15, 0.2) is 96.0 Å². The summed E-state index contributed by atoms with van der Waals surface area (Å²) in [5.41, 5.74) is 2.57. The molecule has 0 radical (unpaired) electrons. The number of carbonyl (C=O) groups excluding carboxylic acids is 1. The second kappa shape index (κ2) is 8.95. The number of nitrogens with one attached hydrogen (secondary N) is 2. The summed E-state index contributed by atoms with van der Waals surface area (Å²) in [6, 6.07) is 30.3. The quantitative estimate of drug-likeness (QED) is 0.637. The number of nitrogens with zero attached hydrogens (tertiary/aromatic N) is 1. The lowest BCUT2D eigenvalue weighted by Crippen LogP contribution is -2.50. The average molecular weight is 398 g/mol. The molecule has 1 atom stereocenters. The first-order valence-corrected chi connectivity index (χ1v) is 10.5. The molecule has 0 spiro atoms. The Morgan fingerprint density at radius 3 is 1.97 bits per heavy atom. The van der Waals surface area contributed by atoms with Crippen molar-refractivity contribution in [3.63, 3.8) is 0 Å². The molecule has 2 N–H and O–H groups in total. The van der Waals surface area contributed by atoms with Gasteiger partial charge in [0.15, 0.2) is 0 Å². The van der Waals surface area contributed by atoms with Gasteiger partial charge in [-0.2, -0.15) is 0 Å². The Bertz CT molecular complexity index is 961. The van der Waals surface area contributed by atoms with Crippen molar-refractivity contribution in [2.45, 2.75) is 25.3 Å². The minimum absolute atomic E-state index is 0.0179. The number of hydrogen-bond acceptors (Lipinski definition) is 3. The number of benzene rings is 3. The van der Waals surface area contributed by atoms with Gasteiger partial charge >= 0.3 is 0 Å². The van der Waals surface area contributed by atoms with Crippen LogP contribution in [0.25, 0.3) is 0 Å². The van der Waals surface area contributed by atoms with Gasteiger partial charge in [0.2, 0.25) is 5.91 Å². The molecule has 0 saturated carbocycles. The van der Waals surface area contributed by atoms with Crippen LogP contribution in [0.1, 0.15) is 30.9 Å². The number of anilines is 1. The Morgan fingerprint density at radius 2 is 1.40 bits per heavy atom. The van der Waals surface area contributed by atoms with Gasteiger partial charge in [-0.3, -0.25) is 9.79 Å². The molecule has 4 rings (SSSR count). The molecule has 4 heteroatoms. The maximum Gasteiger partial charge on any atom is 0.235 e. The molecule has 3 aromatic rings. The Kier molecular flexibility index (Phi) is 5.94. The Morgan fingerprint density at radius 1 is 0.867 bits per heavy atom. The number of amides is 1. The van der Waals surface area contributed by atoms with Crippen molar-refractivity contribution >= 4 is 17.4 Å². The SMILES string of the molecule is CC(NC1=NCCCC1C(=O)Nc1ccccc1)(c1ccccc1)c1ccccc1. The van der Waals surface area contributed by atoms with Crippen molar-refractivity contribution in [1.82, 2.24) is 5.32 Å². The zero-order valence-corrected chi connectivity index (χ0v) is 17.2. The highest BCUT2D eigenvalue weighted by Gasteiger charge is 2.35. The van der Waals surface area contributed by atoms with Gasteiger partial charge in [0, 0.05) is 12.2 Å². The molecule has 0 saturated heterocycles.